The Hall–Kier alpha value is -1.40. The highest BCUT2D eigenvalue weighted by molar-refractivity contribution is 5.85. The zero-order valence-electron chi connectivity index (χ0n) is 21.3. The number of nitrogens with one attached hydrogen (secondary N) is 2. The highest BCUT2D eigenvalue weighted by atomic mass is 16.7. The van der Waals surface area contributed by atoms with Crippen molar-refractivity contribution in [3.8, 4) is 0 Å². The van der Waals surface area contributed by atoms with E-state index in [2.05, 4.69) is 49.6 Å². The topological polar surface area (TPSA) is 83.0 Å². The first-order valence-electron chi connectivity index (χ1n) is 13.3. The first-order valence-corrected chi connectivity index (χ1v) is 13.3. The second kappa shape index (κ2) is 9.69. The van der Waals surface area contributed by atoms with Crippen LogP contribution in [0, 0.1) is 34.5 Å². The highest BCUT2D eigenvalue weighted by Gasteiger charge is 2.59. The molecule has 3 saturated carbocycles. The second-order valence-corrected chi connectivity index (χ2v) is 12.0. The Labute approximate surface area is 200 Å². The fourth-order valence-electron chi connectivity index (χ4n) is 8.13. The average molecular weight is 460 g/mol. The van der Waals surface area contributed by atoms with Crippen molar-refractivity contribution >= 4 is 11.8 Å². The number of oxime groups is 1. The van der Waals surface area contributed by atoms with Crippen molar-refractivity contribution in [2.45, 2.75) is 98.1 Å². The lowest BCUT2D eigenvalue weighted by molar-refractivity contribution is -0.0479. The molecule has 1 amide bonds. The molecule has 33 heavy (non-hydrogen) atoms. The van der Waals surface area contributed by atoms with Crippen molar-refractivity contribution in [3.05, 3.63) is 11.6 Å². The fourth-order valence-corrected chi connectivity index (χ4v) is 8.13. The first kappa shape index (κ1) is 24.7. The van der Waals surface area contributed by atoms with Gasteiger partial charge >= 0.3 is 6.09 Å². The summed E-state index contributed by atoms with van der Waals surface area (Å²) in [6.45, 7) is 12.4. The standard InChI is InChI=1S/C27H45N3O3/c1-17(2)28-14-15-29-25(32)33-30-18(3)22-8-9-23-21-7-6-19-16-20(31)10-12-26(19,4)24(21)11-13-27(22,23)5/h16-17,20-24,28,31H,6-15H2,1-5H3,(H,29,32)/b30-18+/t20-,21+,22-,23+,24+,26+,27-/m1/s1. The highest BCUT2D eigenvalue weighted by Crippen LogP contribution is 2.66. The summed E-state index contributed by atoms with van der Waals surface area (Å²) < 4.78 is 0. The monoisotopic (exact) mass is 459 g/mol. The van der Waals surface area contributed by atoms with Gasteiger partial charge < -0.3 is 15.7 Å². The van der Waals surface area contributed by atoms with Crippen LogP contribution in [0.25, 0.3) is 0 Å². The zero-order valence-corrected chi connectivity index (χ0v) is 21.3. The summed E-state index contributed by atoms with van der Waals surface area (Å²) in [4.78, 5) is 17.3. The van der Waals surface area contributed by atoms with E-state index in [9.17, 15) is 9.90 Å². The molecule has 4 aliphatic rings. The van der Waals surface area contributed by atoms with E-state index in [1.165, 1.54) is 31.3 Å². The number of allylic oxidation sites excluding steroid dienone is 1. The summed E-state index contributed by atoms with van der Waals surface area (Å²) >= 11 is 0. The van der Waals surface area contributed by atoms with E-state index in [-0.39, 0.29) is 16.9 Å². The summed E-state index contributed by atoms with van der Waals surface area (Å²) in [6.07, 6.45) is 10.8. The molecule has 0 radical (unpaired) electrons. The fraction of sp³-hybridized carbons (Fsp3) is 0.852. The van der Waals surface area contributed by atoms with E-state index >= 15 is 0 Å². The van der Waals surface area contributed by atoms with Gasteiger partial charge in [0.05, 0.1) is 11.8 Å². The van der Waals surface area contributed by atoms with Crippen LogP contribution in [-0.4, -0.2) is 42.1 Å². The lowest BCUT2D eigenvalue weighted by Crippen LogP contribution is -2.51. The number of carbonyl (C=O) groups is 1. The normalized spacial score (nSPS) is 40.5. The molecule has 0 unspecified atom stereocenters. The Morgan fingerprint density at radius 2 is 1.94 bits per heavy atom. The molecule has 0 heterocycles. The van der Waals surface area contributed by atoms with Gasteiger partial charge in [0.25, 0.3) is 0 Å². The number of hydrogen-bond acceptors (Lipinski definition) is 5. The lowest BCUT2D eigenvalue weighted by Gasteiger charge is -2.58. The molecule has 0 aromatic heterocycles. The molecule has 6 nitrogen and oxygen atoms in total. The van der Waals surface area contributed by atoms with Crippen LogP contribution < -0.4 is 10.6 Å². The van der Waals surface area contributed by atoms with Gasteiger partial charge in [-0.05, 0) is 86.9 Å². The number of rotatable bonds is 6. The second-order valence-electron chi connectivity index (χ2n) is 12.0. The Balaban J connectivity index is 1.39. The number of hydrogen-bond donors (Lipinski definition) is 3. The molecule has 0 aliphatic heterocycles. The summed E-state index contributed by atoms with van der Waals surface area (Å²) in [5.74, 6) is 2.60. The molecule has 6 heteroatoms. The number of aliphatic hydroxyl groups is 1. The van der Waals surface area contributed by atoms with Crippen molar-refractivity contribution in [3.63, 3.8) is 0 Å². The molecule has 4 aliphatic carbocycles. The molecule has 3 N–H and O–H groups in total. The third kappa shape index (κ3) is 4.75. The van der Waals surface area contributed by atoms with E-state index in [0.29, 0.717) is 24.4 Å². The largest absolute Gasteiger partial charge is 0.433 e. The number of carbonyl (C=O) groups excluding carboxylic acids is 1. The summed E-state index contributed by atoms with van der Waals surface area (Å²) in [7, 11) is 0. The third-order valence-electron chi connectivity index (χ3n) is 9.81. The van der Waals surface area contributed by atoms with Crippen molar-refractivity contribution < 1.29 is 14.7 Å². The molecule has 186 valence electrons. The Kier molecular flexibility index (Phi) is 7.26. The molecule has 0 spiro atoms. The SMILES string of the molecule is C/C(=N\OC(=O)NCCNC(C)C)[C@H]1CC[C@H]2[C@@H]3CCC4=C[C@H](O)CC[C@]4(C)[C@H]3CC[C@]12C. The van der Waals surface area contributed by atoms with Crippen LogP contribution in [0.15, 0.2) is 16.8 Å². The van der Waals surface area contributed by atoms with Gasteiger partial charge in [0.1, 0.15) is 0 Å². The molecule has 0 aromatic rings. The number of nitrogens with zero attached hydrogens (tertiary/aromatic N) is 1. The zero-order chi connectivity index (χ0) is 23.8. The number of aliphatic hydroxyl groups excluding tert-OH is 1. The Bertz CT molecular complexity index is 793. The van der Waals surface area contributed by atoms with Crippen LogP contribution >= 0.6 is 0 Å². The summed E-state index contributed by atoms with van der Waals surface area (Å²) in [5.41, 5.74) is 3.01. The molecule has 0 aromatic carbocycles. The average Bonchev–Trinajstić information content (AvgIpc) is 3.12. The third-order valence-corrected chi connectivity index (χ3v) is 9.81. The minimum Gasteiger partial charge on any atom is -0.389 e. The maximum Gasteiger partial charge on any atom is 0.433 e. The molecule has 0 saturated heterocycles. The van der Waals surface area contributed by atoms with Crippen molar-refractivity contribution in [2.75, 3.05) is 13.1 Å². The lowest BCUT2D eigenvalue weighted by atomic mass is 9.46. The van der Waals surface area contributed by atoms with Gasteiger partial charge in [-0.15, -0.1) is 0 Å². The molecule has 3 fully saturated rings. The molecular formula is C27H45N3O3. The number of fused-ring (bicyclic) bond motifs is 5. The first-order chi connectivity index (χ1) is 15.6. The number of amides is 1. The summed E-state index contributed by atoms with van der Waals surface area (Å²) in [5, 5.41) is 20.5. The van der Waals surface area contributed by atoms with Gasteiger partial charge in [0.2, 0.25) is 0 Å². The van der Waals surface area contributed by atoms with E-state index in [1.807, 2.05) is 6.92 Å². The maximum atomic E-state index is 12.1. The van der Waals surface area contributed by atoms with Gasteiger partial charge in [-0.2, -0.15) is 0 Å². The van der Waals surface area contributed by atoms with E-state index in [0.717, 1.165) is 49.8 Å². The van der Waals surface area contributed by atoms with Crippen molar-refractivity contribution in [1.82, 2.24) is 10.6 Å². The maximum absolute atomic E-state index is 12.1. The van der Waals surface area contributed by atoms with Gasteiger partial charge in [0, 0.05) is 25.0 Å². The molecule has 7 atom stereocenters. The Morgan fingerprint density at radius 3 is 2.70 bits per heavy atom. The van der Waals surface area contributed by atoms with E-state index in [1.54, 1.807) is 0 Å². The van der Waals surface area contributed by atoms with Crippen LogP contribution in [0.3, 0.4) is 0 Å². The smallest absolute Gasteiger partial charge is 0.389 e. The van der Waals surface area contributed by atoms with Crippen molar-refractivity contribution in [2.24, 2.45) is 39.7 Å². The minimum absolute atomic E-state index is 0.238. The van der Waals surface area contributed by atoms with Crippen LogP contribution in [0.2, 0.25) is 0 Å². The van der Waals surface area contributed by atoms with Crippen LogP contribution in [0.1, 0.15) is 86.0 Å². The van der Waals surface area contributed by atoms with Crippen LogP contribution in [-0.2, 0) is 4.84 Å². The van der Waals surface area contributed by atoms with Gasteiger partial charge in [-0.1, -0.05) is 44.5 Å². The minimum atomic E-state index is -0.470. The van der Waals surface area contributed by atoms with Crippen LogP contribution in [0.4, 0.5) is 4.79 Å². The van der Waals surface area contributed by atoms with Gasteiger partial charge in [-0.3, -0.25) is 4.84 Å². The van der Waals surface area contributed by atoms with Gasteiger partial charge in [0.15, 0.2) is 0 Å². The van der Waals surface area contributed by atoms with Crippen LogP contribution in [0.5, 0.6) is 0 Å². The molecule has 4 rings (SSSR count). The van der Waals surface area contributed by atoms with E-state index in [4.69, 9.17) is 4.84 Å². The predicted molar refractivity (Wildman–Crippen MR) is 132 cm³/mol. The van der Waals surface area contributed by atoms with Gasteiger partial charge in [-0.25, -0.2) is 4.79 Å². The Morgan fingerprint density at radius 1 is 1.15 bits per heavy atom. The summed E-state index contributed by atoms with van der Waals surface area (Å²) in [6, 6.07) is 0.397. The quantitative estimate of drug-likeness (QED) is 0.171. The predicted octanol–water partition coefficient (Wildman–Crippen LogP) is 5.03. The molecular weight excluding hydrogens is 414 g/mol. The molecule has 0 bridgehead atoms. The van der Waals surface area contributed by atoms with Crippen molar-refractivity contribution in [1.29, 1.82) is 0 Å². The van der Waals surface area contributed by atoms with E-state index < -0.39 is 6.09 Å².